The summed E-state index contributed by atoms with van der Waals surface area (Å²) < 4.78 is 5.13. The van der Waals surface area contributed by atoms with Crippen molar-refractivity contribution >= 4 is 28.5 Å². The van der Waals surface area contributed by atoms with E-state index in [0.29, 0.717) is 22.5 Å². The summed E-state index contributed by atoms with van der Waals surface area (Å²) in [5.41, 5.74) is 0.527. The molecule has 0 aliphatic heterocycles. The van der Waals surface area contributed by atoms with Crippen molar-refractivity contribution in [2.45, 2.75) is 19.4 Å². The number of ether oxygens (including phenoxy) is 1. The van der Waals surface area contributed by atoms with Crippen LogP contribution in [-0.4, -0.2) is 28.9 Å². The van der Waals surface area contributed by atoms with Gasteiger partial charge in [0, 0.05) is 12.6 Å². The van der Waals surface area contributed by atoms with E-state index in [4.69, 9.17) is 4.74 Å². The Morgan fingerprint density at radius 3 is 2.28 bits per heavy atom. The van der Waals surface area contributed by atoms with Crippen LogP contribution in [0.1, 0.15) is 24.9 Å². The standard InChI is InChI=1S/C20H20N4O5/c1-11(25)21-16(12-3-6-14(29-2)7-4-12)10-18(26)22-13-5-8-15-17(9-13)24-20(28)19(27)23-15/h3-9,16H,10H2,1-2H3,(H,21,25)(H,22,26)(H,23,27)(H,24,28)/t16-/m1/s1. The fourth-order valence-corrected chi connectivity index (χ4v) is 2.92. The van der Waals surface area contributed by atoms with Gasteiger partial charge in [0.1, 0.15) is 5.75 Å². The van der Waals surface area contributed by atoms with Gasteiger partial charge >= 0.3 is 11.1 Å². The molecule has 3 rings (SSSR count). The van der Waals surface area contributed by atoms with Crippen LogP contribution in [0.3, 0.4) is 0 Å². The summed E-state index contributed by atoms with van der Waals surface area (Å²) in [6.07, 6.45) is 0.00604. The second-order valence-corrected chi connectivity index (χ2v) is 6.45. The van der Waals surface area contributed by atoms with Crippen molar-refractivity contribution in [3.05, 3.63) is 68.7 Å². The van der Waals surface area contributed by atoms with Crippen molar-refractivity contribution in [2.24, 2.45) is 0 Å². The molecule has 1 atom stereocenters. The molecule has 1 heterocycles. The molecule has 9 nitrogen and oxygen atoms in total. The first-order valence-corrected chi connectivity index (χ1v) is 8.83. The molecular weight excluding hydrogens is 376 g/mol. The van der Waals surface area contributed by atoms with Crippen molar-refractivity contribution in [2.75, 3.05) is 12.4 Å². The van der Waals surface area contributed by atoms with Crippen molar-refractivity contribution in [3.8, 4) is 5.75 Å². The zero-order valence-electron chi connectivity index (χ0n) is 15.9. The van der Waals surface area contributed by atoms with Crippen LogP contribution >= 0.6 is 0 Å². The molecule has 0 radical (unpaired) electrons. The molecule has 29 heavy (non-hydrogen) atoms. The monoisotopic (exact) mass is 396 g/mol. The summed E-state index contributed by atoms with van der Waals surface area (Å²) in [4.78, 5) is 51.9. The van der Waals surface area contributed by atoms with Crippen molar-refractivity contribution in [1.29, 1.82) is 0 Å². The Labute approximate surface area is 165 Å². The SMILES string of the molecule is COc1ccc([C@@H](CC(=O)Nc2ccc3[nH]c(=O)c(=O)[nH]c3c2)NC(C)=O)cc1. The first kappa shape index (κ1) is 19.9. The predicted molar refractivity (Wildman–Crippen MR) is 108 cm³/mol. The maximum Gasteiger partial charge on any atom is 0.314 e. The van der Waals surface area contributed by atoms with Crippen LogP contribution in [0, 0.1) is 0 Å². The van der Waals surface area contributed by atoms with E-state index in [0.717, 1.165) is 5.56 Å². The lowest BCUT2D eigenvalue weighted by Gasteiger charge is -2.18. The minimum Gasteiger partial charge on any atom is -0.497 e. The van der Waals surface area contributed by atoms with Crippen LogP contribution in [0.5, 0.6) is 5.75 Å². The molecule has 3 aromatic rings. The molecule has 1 aromatic heterocycles. The fourth-order valence-electron chi connectivity index (χ4n) is 2.92. The molecule has 0 saturated heterocycles. The number of carbonyl (C=O) groups excluding carboxylic acids is 2. The van der Waals surface area contributed by atoms with Gasteiger partial charge in [-0.05, 0) is 35.9 Å². The number of nitrogens with one attached hydrogen (secondary N) is 4. The summed E-state index contributed by atoms with van der Waals surface area (Å²) in [6.45, 7) is 1.38. The number of benzene rings is 2. The van der Waals surface area contributed by atoms with Gasteiger partial charge in [-0.3, -0.25) is 19.2 Å². The third-order valence-corrected chi connectivity index (χ3v) is 4.29. The molecule has 0 bridgehead atoms. The molecule has 0 saturated carbocycles. The number of fused-ring (bicyclic) bond motifs is 1. The quantitative estimate of drug-likeness (QED) is 0.468. The Morgan fingerprint density at radius 2 is 1.66 bits per heavy atom. The average molecular weight is 396 g/mol. The fraction of sp³-hybridized carbons (Fsp3) is 0.200. The van der Waals surface area contributed by atoms with Gasteiger partial charge in [-0.1, -0.05) is 12.1 Å². The highest BCUT2D eigenvalue weighted by Crippen LogP contribution is 2.22. The number of hydrogen-bond donors (Lipinski definition) is 4. The van der Waals surface area contributed by atoms with E-state index in [-0.39, 0.29) is 18.2 Å². The van der Waals surface area contributed by atoms with Gasteiger partial charge in [-0.25, -0.2) is 0 Å². The molecular formula is C20H20N4O5. The van der Waals surface area contributed by atoms with E-state index < -0.39 is 17.2 Å². The zero-order valence-corrected chi connectivity index (χ0v) is 15.9. The summed E-state index contributed by atoms with van der Waals surface area (Å²) in [7, 11) is 1.56. The molecule has 0 aliphatic rings. The Bertz CT molecular complexity index is 1160. The summed E-state index contributed by atoms with van der Waals surface area (Å²) in [6, 6.07) is 11.3. The number of amides is 2. The maximum absolute atomic E-state index is 12.5. The molecule has 9 heteroatoms. The normalized spacial score (nSPS) is 11.7. The highest BCUT2D eigenvalue weighted by molar-refractivity contribution is 5.93. The van der Waals surface area contributed by atoms with Gasteiger partial charge < -0.3 is 25.3 Å². The number of carbonyl (C=O) groups is 2. The minimum absolute atomic E-state index is 0.00604. The van der Waals surface area contributed by atoms with E-state index in [1.54, 1.807) is 49.6 Å². The molecule has 0 fully saturated rings. The smallest absolute Gasteiger partial charge is 0.314 e. The average Bonchev–Trinajstić information content (AvgIpc) is 2.68. The third-order valence-electron chi connectivity index (χ3n) is 4.29. The first-order chi connectivity index (χ1) is 13.9. The molecule has 2 aromatic carbocycles. The van der Waals surface area contributed by atoms with Crippen LogP contribution in [0.2, 0.25) is 0 Å². The molecule has 150 valence electrons. The summed E-state index contributed by atoms with van der Waals surface area (Å²) in [5, 5.41) is 5.50. The lowest BCUT2D eigenvalue weighted by molar-refractivity contribution is -0.120. The number of H-pyrrole nitrogens is 2. The molecule has 4 N–H and O–H groups in total. The number of aromatic amines is 2. The van der Waals surface area contributed by atoms with Crippen LogP contribution in [0.25, 0.3) is 11.0 Å². The van der Waals surface area contributed by atoms with Gasteiger partial charge in [0.2, 0.25) is 11.8 Å². The topological polar surface area (TPSA) is 133 Å². The van der Waals surface area contributed by atoms with Crippen LogP contribution in [0.15, 0.2) is 52.1 Å². The Kier molecular flexibility index (Phi) is 5.77. The van der Waals surface area contributed by atoms with E-state index in [1.807, 2.05) is 0 Å². The van der Waals surface area contributed by atoms with Crippen LogP contribution in [0.4, 0.5) is 5.69 Å². The van der Waals surface area contributed by atoms with E-state index >= 15 is 0 Å². The third kappa shape index (κ3) is 4.89. The zero-order chi connectivity index (χ0) is 21.0. The van der Waals surface area contributed by atoms with Crippen molar-refractivity contribution < 1.29 is 14.3 Å². The van der Waals surface area contributed by atoms with Crippen molar-refractivity contribution in [1.82, 2.24) is 15.3 Å². The minimum atomic E-state index is -0.772. The number of aromatic nitrogens is 2. The second-order valence-electron chi connectivity index (χ2n) is 6.45. The highest BCUT2D eigenvalue weighted by atomic mass is 16.5. The first-order valence-electron chi connectivity index (χ1n) is 8.83. The van der Waals surface area contributed by atoms with E-state index in [1.165, 1.54) is 6.92 Å². The van der Waals surface area contributed by atoms with Gasteiger partial charge in [-0.2, -0.15) is 0 Å². The van der Waals surface area contributed by atoms with E-state index in [2.05, 4.69) is 20.6 Å². The van der Waals surface area contributed by atoms with E-state index in [9.17, 15) is 19.2 Å². The lowest BCUT2D eigenvalue weighted by Crippen LogP contribution is -2.30. The summed E-state index contributed by atoms with van der Waals surface area (Å²) in [5.74, 6) is 0.0829. The van der Waals surface area contributed by atoms with Gasteiger partial charge in [0.05, 0.1) is 30.6 Å². The Morgan fingerprint density at radius 1 is 1.00 bits per heavy atom. The Balaban J connectivity index is 1.77. The van der Waals surface area contributed by atoms with Gasteiger partial charge in [0.15, 0.2) is 0 Å². The second kappa shape index (κ2) is 8.42. The molecule has 0 unspecified atom stereocenters. The van der Waals surface area contributed by atoms with Gasteiger partial charge in [-0.15, -0.1) is 0 Å². The Hall–Kier alpha value is -3.88. The number of rotatable bonds is 6. The highest BCUT2D eigenvalue weighted by Gasteiger charge is 2.17. The van der Waals surface area contributed by atoms with Crippen LogP contribution in [-0.2, 0) is 9.59 Å². The summed E-state index contributed by atoms with van der Waals surface area (Å²) >= 11 is 0. The number of methoxy groups -OCH3 is 1. The maximum atomic E-state index is 12.5. The molecule has 2 amide bonds. The molecule has 0 aliphatic carbocycles. The van der Waals surface area contributed by atoms with Crippen molar-refractivity contribution in [3.63, 3.8) is 0 Å². The molecule has 0 spiro atoms. The number of anilines is 1. The number of hydrogen-bond acceptors (Lipinski definition) is 5. The van der Waals surface area contributed by atoms with Crippen LogP contribution < -0.4 is 26.5 Å². The predicted octanol–water partition coefficient (Wildman–Crippen LogP) is 1.43. The largest absolute Gasteiger partial charge is 0.497 e. The van der Waals surface area contributed by atoms with Gasteiger partial charge in [0.25, 0.3) is 0 Å². The lowest BCUT2D eigenvalue weighted by atomic mass is 10.0.